The minimum atomic E-state index is -0.167. The molecule has 6 nitrogen and oxygen atoms in total. The number of aliphatic hydroxyl groups is 1. The van der Waals surface area contributed by atoms with Crippen molar-refractivity contribution in [2.75, 3.05) is 30.4 Å². The summed E-state index contributed by atoms with van der Waals surface area (Å²) in [7, 11) is 0. The molecule has 0 bridgehead atoms. The summed E-state index contributed by atoms with van der Waals surface area (Å²) in [5, 5.41) is 9.08. The van der Waals surface area contributed by atoms with Crippen LogP contribution in [0.4, 0.5) is 11.6 Å². The highest BCUT2D eigenvalue weighted by Gasteiger charge is 2.26. The Hall–Kier alpha value is -1.40. The van der Waals surface area contributed by atoms with Gasteiger partial charge in [0.1, 0.15) is 11.6 Å². The van der Waals surface area contributed by atoms with Gasteiger partial charge in [-0.05, 0) is 6.92 Å². The van der Waals surface area contributed by atoms with Crippen LogP contribution in [-0.4, -0.2) is 47.0 Å². The summed E-state index contributed by atoms with van der Waals surface area (Å²) in [6.45, 7) is 3.23. The van der Waals surface area contributed by atoms with Gasteiger partial charge in [-0.2, -0.15) is 0 Å². The minimum Gasteiger partial charge on any atom is -0.394 e. The van der Waals surface area contributed by atoms with E-state index in [1.807, 2.05) is 11.8 Å². The summed E-state index contributed by atoms with van der Waals surface area (Å²) in [5.41, 5.74) is 5.60. The zero-order valence-electron chi connectivity index (χ0n) is 9.21. The fourth-order valence-electron chi connectivity index (χ4n) is 1.76. The predicted molar refractivity (Wildman–Crippen MR) is 60.1 cm³/mol. The largest absolute Gasteiger partial charge is 0.394 e. The van der Waals surface area contributed by atoms with Crippen molar-refractivity contribution in [1.29, 1.82) is 0 Å². The Balaban J connectivity index is 2.17. The highest BCUT2D eigenvalue weighted by molar-refractivity contribution is 5.42. The first-order chi connectivity index (χ1) is 7.70. The van der Waals surface area contributed by atoms with E-state index in [4.69, 9.17) is 15.6 Å². The maximum atomic E-state index is 9.08. The normalized spacial score (nSPS) is 25.8. The first kappa shape index (κ1) is 11.1. The summed E-state index contributed by atoms with van der Waals surface area (Å²) >= 11 is 0. The van der Waals surface area contributed by atoms with Crippen LogP contribution in [0.5, 0.6) is 0 Å². The van der Waals surface area contributed by atoms with Crippen LogP contribution in [0.1, 0.15) is 6.92 Å². The number of morpholine rings is 1. The lowest BCUT2D eigenvalue weighted by atomic mass is 10.2. The fraction of sp³-hybridized carbons (Fsp3) is 0.600. The van der Waals surface area contributed by atoms with Crippen molar-refractivity contribution < 1.29 is 9.84 Å². The van der Waals surface area contributed by atoms with Gasteiger partial charge in [-0.3, -0.25) is 4.98 Å². The van der Waals surface area contributed by atoms with Gasteiger partial charge in [0.05, 0.1) is 37.8 Å². The summed E-state index contributed by atoms with van der Waals surface area (Å²) in [4.78, 5) is 10.3. The molecular formula is C10H16N4O2. The molecule has 2 heterocycles. The molecule has 3 N–H and O–H groups in total. The number of nitrogens with two attached hydrogens (primary N) is 1. The van der Waals surface area contributed by atoms with E-state index in [1.54, 1.807) is 6.20 Å². The lowest BCUT2D eigenvalue weighted by Gasteiger charge is -2.38. The van der Waals surface area contributed by atoms with E-state index in [-0.39, 0.29) is 18.8 Å². The van der Waals surface area contributed by atoms with Crippen molar-refractivity contribution >= 4 is 11.6 Å². The molecule has 2 atom stereocenters. The number of hydrogen-bond acceptors (Lipinski definition) is 6. The average Bonchev–Trinajstić information content (AvgIpc) is 2.30. The molecular weight excluding hydrogens is 208 g/mol. The van der Waals surface area contributed by atoms with Gasteiger partial charge in [0.2, 0.25) is 0 Å². The maximum Gasteiger partial charge on any atom is 0.149 e. The van der Waals surface area contributed by atoms with E-state index in [0.29, 0.717) is 19.0 Å². The number of ether oxygens (including phenoxy) is 1. The van der Waals surface area contributed by atoms with E-state index in [1.165, 1.54) is 6.20 Å². The van der Waals surface area contributed by atoms with Crippen molar-refractivity contribution in [3.8, 4) is 0 Å². The molecule has 1 aliphatic rings. The number of anilines is 2. The molecule has 0 saturated carbocycles. The Kier molecular flexibility index (Phi) is 3.21. The molecule has 1 saturated heterocycles. The van der Waals surface area contributed by atoms with Gasteiger partial charge in [0.25, 0.3) is 0 Å². The Bertz CT molecular complexity index is 360. The Labute approximate surface area is 94.1 Å². The van der Waals surface area contributed by atoms with Crippen molar-refractivity contribution in [3.05, 3.63) is 12.4 Å². The van der Waals surface area contributed by atoms with Gasteiger partial charge >= 0.3 is 0 Å². The van der Waals surface area contributed by atoms with Crippen molar-refractivity contribution in [2.45, 2.75) is 19.1 Å². The van der Waals surface area contributed by atoms with Crippen LogP contribution in [0, 0.1) is 0 Å². The molecule has 0 aliphatic carbocycles. The molecule has 88 valence electrons. The van der Waals surface area contributed by atoms with Crippen molar-refractivity contribution in [3.63, 3.8) is 0 Å². The molecule has 0 amide bonds. The number of nitrogen functional groups attached to an aromatic ring is 1. The van der Waals surface area contributed by atoms with Crippen LogP contribution in [0.25, 0.3) is 0 Å². The molecule has 16 heavy (non-hydrogen) atoms. The summed E-state index contributed by atoms with van der Waals surface area (Å²) in [6, 6.07) is 0.207. The van der Waals surface area contributed by atoms with Gasteiger partial charge in [-0.15, -0.1) is 0 Å². The second-order valence-electron chi connectivity index (χ2n) is 3.94. The highest BCUT2D eigenvalue weighted by Crippen LogP contribution is 2.19. The van der Waals surface area contributed by atoms with E-state index >= 15 is 0 Å². The number of hydrogen-bond donors (Lipinski definition) is 2. The first-order valence-electron chi connectivity index (χ1n) is 5.27. The van der Waals surface area contributed by atoms with E-state index in [9.17, 15) is 0 Å². The molecule has 0 aromatic carbocycles. The molecule has 1 aromatic rings. The summed E-state index contributed by atoms with van der Waals surface area (Å²) < 4.78 is 5.45. The van der Waals surface area contributed by atoms with Gasteiger partial charge in [-0.25, -0.2) is 4.98 Å². The fourth-order valence-corrected chi connectivity index (χ4v) is 1.76. The quantitative estimate of drug-likeness (QED) is 0.714. The Morgan fingerprint density at radius 2 is 2.44 bits per heavy atom. The molecule has 1 fully saturated rings. The summed E-state index contributed by atoms with van der Waals surface area (Å²) in [6.07, 6.45) is 3.02. The lowest BCUT2D eigenvalue weighted by Crippen LogP contribution is -2.50. The molecule has 1 aromatic heterocycles. The number of nitrogens with zero attached hydrogens (tertiary/aromatic N) is 3. The van der Waals surface area contributed by atoms with Crippen LogP contribution >= 0.6 is 0 Å². The topological polar surface area (TPSA) is 84.5 Å². The van der Waals surface area contributed by atoms with Crippen LogP contribution in [-0.2, 0) is 4.74 Å². The van der Waals surface area contributed by atoms with Crippen molar-refractivity contribution in [2.24, 2.45) is 0 Å². The SMILES string of the molecule is CC1COC(CO)CN1c1cncc(N)n1. The van der Waals surface area contributed by atoms with Crippen LogP contribution < -0.4 is 10.6 Å². The smallest absolute Gasteiger partial charge is 0.149 e. The van der Waals surface area contributed by atoms with Gasteiger partial charge in [0.15, 0.2) is 0 Å². The number of rotatable bonds is 2. The summed E-state index contributed by atoms with van der Waals surface area (Å²) in [5.74, 6) is 1.13. The zero-order chi connectivity index (χ0) is 11.5. The molecule has 6 heteroatoms. The zero-order valence-corrected chi connectivity index (χ0v) is 9.21. The first-order valence-corrected chi connectivity index (χ1v) is 5.27. The second kappa shape index (κ2) is 4.63. The van der Waals surface area contributed by atoms with Gasteiger partial charge < -0.3 is 20.5 Å². The molecule has 2 unspecified atom stereocenters. The number of aliphatic hydroxyl groups excluding tert-OH is 1. The second-order valence-corrected chi connectivity index (χ2v) is 3.94. The minimum absolute atomic E-state index is 0.0129. The van der Waals surface area contributed by atoms with E-state index < -0.39 is 0 Å². The third-order valence-corrected chi connectivity index (χ3v) is 2.64. The average molecular weight is 224 g/mol. The van der Waals surface area contributed by atoms with Crippen LogP contribution in [0.3, 0.4) is 0 Å². The number of aromatic nitrogens is 2. The highest BCUT2D eigenvalue weighted by atomic mass is 16.5. The Morgan fingerprint density at radius 3 is 3.12 bits per heavy atom. The van der Waals surface area contributed by atoms with Crippen LogP contribution in [0.2, 0.25) is 0 Å². The van der Waals surface area contributed by atoms with Crippen LogP contribution in [0.15, 0.2) is 12.4 Å². The Morgan fingerprint density at radius 1 is 1.62 bits per heavy atom. The van der Waals surface area contributed by atoms with E-state index in [2.05, 4.69) is 9.97 Å². The third-order valence-electron chi connectivity index (χ3n) is 2.64. The predicted octanol–water partition coefficient (Wildman–Crippen LogP) is -0.355. The standard InChI is InChI=1S/C10H16N4O2/c1-7-6-16-8(5-15)4-14(7)10-3-12-2-9(11)13-10/h2-3,7-8,15H,4-6H2,1H3,(H2,11,13). The molecule has 2 rings (SSSR count). The maximum absolute atomic E-state index is 9.08. The lowest BCUT2D eigenvalue weighted by molar-refractivity contribution is -0.0105. The molecule has 1 aliphatic heterocycles. The van der Waals surface area contributed by atoms with E-state index in [0.717, 1.165) is 5.82 Å². The molecule has 0 radical (unpaired) electrons. The van der Waals surface area contributed by atoms with Crippen molar-refractivity contribution in [1.82, 2.24) is 9.97 Å². The monoisotopic (exact) mass is 224 g/mol. The van der Waals surface area contributed by atoms with Gasteiger partial charge in [-0.1, -0.05) is 0 Å². The molecule has 0 spiro atoms. The van der Waals surface area contributed by atoms with Gasteiger partial charge in [0, 0.05) is 6.54 Å². The third kappa shape index (κ3) is 2.23.